The van der Waals surface area contributed by atoms with Gasteiger partial charge in [-0.25, -0.2) is 14.8 Å². The van der Waals surface area contributed by atoms with Crippen molar-refractivity contribution in [1.29, 1.82) is 0 Å². The smallest absolute Gasteiger partial charge is 0.410 e. The molecule has 0 bridgehead atoms. The number of nitrogens with zero attached hydrogens (tertiary/aromatic N) is 4. The lowest BCUT2D eigenvalue weighted by molar-refractivity contribution is 0.0473. The van der Waals surface area contributed by atoms with Crippen LogP contribution in [0.15, 0.2) is 11.7 Å². The molecule has 2 aromatic heterocycles. The molecule has 6 nitrogen and oxygen atoms in total. The van der Waals surface area contributed by atoms with Crippen molar-refractivity contribution in [3.63, 3.8) is 0 Å². The first-order valence-corrected chi connectivity index (χ1v) is 8.84. The van der Waals surface area contributed by atoms with Gasteiger partial charge in [-0.1, -0.05) is 0 Å². The van der Waals surface area contributed by atoms with Gasteiger partial charge in [0.2, 0.25) is 0 Å². The maximum absolute atomic E-state index is 11.8. The zero-order valence-electron chi connectivity index (χ0n) is 13.4. The summed E-state index contributed by atoms with van der Waals surface area (Å²) in [7, 11) is 1.81. The molecular weight excluding hydrogens is 312 g/mol. The Kier molecular flexibility index (Phi) is 3.41. The van der Waals surface area contributed by atoms with E-state index < -0.39 is 0 Å². The molecular formula is C16H20N4O2S. The molecule has 1 atom stereocenters. The van der Waals surface area contributed by atoms with Gasteiger partial charge in [0.25, 0.3) is 0 Å². The molecule has 0 N–H and O–H groups in total. The molecule has 0 aliphatic carbocycles. The van der Waals surface area contributed by atoms with E-state index in [0.29, 0.717) is 6.54 Å². The number of likely N-dealkylation sites (N-methyl/N-ethyl adjacent to an activating group) is 1. The molecule has 0 aromatic carbocycles. The predicted octanol–water partition coefficient (Wildman–Crippen LogP) is 2.81. The number of carbonyl (C=O) groups excluding carboxylic acids is 1. The highest BCUT2D eigenvalue weighted by molar-refractivity contribution is 7.18. The van der Waals surface area contributed by atoms with Gasteiger partial charge in [-0.15, -0.1) is 11.3 Å². The van der Waals surface area contributed by atoms with Gasteiger partial charge in [0.15, 0.2) is 0 Å². The number of rotatable bonds is 1. The monoisotopic (exact) mass is 332 g/mol. The normalized spacial score (nSPS) is 25.2. The standard InChI is InChI=1S/C16H20N4O2S/c1-11-8-23-13-12(11)17-10-18-14(13)20-6-3-4-16(5-7-20)9-19(2)15(21)22-16/h8,10H,3-7,9H2,1-2H3. The van der Waals surface area contributed by atoms with Crippen molar-refractivity contribution in [2.24, 2.45) is 0 Å². The molecule has 2 aromatic rings. The van der Waals surface area contributed by atoms with Crippen molar-refractivity contribution in [2.75, 3.05) is 31.6 Å². The van der Waals surface area contributed by atoms with E-state index in [-0.39, 0.29) is 11.7 Å². The van der Waals surface area contributed by atoms with E-state index in [1.807, 2.05) is 7.05 Å². The summed E-state index contributed by atoms with van der Waals surface area (Å²) in [6.07, 6.45) is 4.21. The Morgan fingerprint density at radius 1 is 1.30 bits per heavy atom. The molecule has 0 saturated carbocycles. The lowest BCUT2D eigenvalue weighted by atomic mass is 9.95. The Hall–Kier alpha value is -1.89. The van der Waals surface area contributed by atoms with Crippen LogP contribution in [0.3, 0.4) is 0 Å². The van der Waals surface area contributed by atoms with Crippen LogP contribution in [0.25, 0.3) is 10.2 Å². The number of thiophene rings is 1. The highest BCUT2D eigenvalue weighted by atomic mass is 32.1. The number of hydrogen-bond donors (Lipinski definition) is 0. The summed E-state index contributed by atoms with van der Waals surface area (Å²) in [5, 5.41) is 2.13. The Bertz CT molecular complexity index is 762. The molecule has 122 valence electrons. The van der Waals surface area contributed by atoms with E-state index >= 15 is 0 Å². The third-order valence-electron chi connectivity index (χ3n) is 4.85. The van der Waals surface area contributed by atoms with Crippen LogP contribution in [0, 0.1) is 6.92 Å². The lowest BCUT2D eigenvalue weighted by Crippen LogP contribution is -2.35. The van der Waals surface area contributed by atoms with Crippen molar-refractivity contribution in [3.8, 4) is 0 Å². The summed E-state index contributed by atoms with van der Waals surface area (Å²) < 4.78 is 6.84. The minimum absolute atomic E-state index is 0.197. The number of fused-ring (bicyclic) bond motifs is 1. The van der Waals surface area contributed by atoms with Crippen molar-refractivity contribution >= 4 is 33.5 Å². The molecule has 2 aliphatic heterocycles. The van der Waals surface area contributed by atoms with E-state index in [9.17, 15) is 4.79 Å². The van der Waals surface area contributed by atoms with Crippen LogP contribution >= 0.6 is 11.3 Å². The van der Waals surface area contributed by atoms with Gasteiger partial charge in [0.05, 0.1) is 16.8 Å². The Labute approximate surface area is 139 Å². The summed E-state index contributed by atoms with van der Waals surface area (Å²) in [4.78, 5) is 24.7. The molecule has 7 heteroatoms. The number of ether oxygens (including phenoxy) is 1. The molecule has 2 aliphatic rings. The van der Waals surface area contributed by atoms with Gasteiger partial charge in [0.1, 0.15) is 17.7 Å². The molecule has 1 amide bonds. The summed E-state index contributed by atoms with van der Waals surface area (Å²) in [6.45, 7) is 4.56. The summed E-state index contributed by atoms with van der Waals surface area (Å²) in [6, 6.07) is 0. The first-order valence-electron chi connectivity index (χ1n) is 7.96. The second-order valence-corrected chi connectivity index (χ2v) is 7.42. The molecule has 4 heterocycles. The molecule has 2 saturated heterocycles. The number of amides is 1. The second kappa shape index (κ2) is 5.33. The van der Waals surface area contributed by atoms with Gasteiger partial charge < -0.3 is 14.5 Å². The lowest BCUT2D eigenvalue weighted by Gasteiger charge is -2.25. The molecule has 4 rings (SSSR count). The zero-order chi connectivity index (χ0) is 16.0. The predicted molar refractivity (Wildman–Crippen MR) is 90.1 cm³/mol. The first-order chi connectivity index (χ1) is 11.1. The van der Waals surface area contributed by atoms with Crippen LogP contribution in [0.1, 0.15) is 24.8 Å². The third kappa shape index (κ3) is 2.43. The van der Waals surface area contributed by atoms with Gasteiger partial charge in [-0.3, -0.25) is 0 Å². The molecule has 2 fully saturated rings. The summed E-state index contributed by atoms with van der Waals surface area (Å²) >= 11 is 1.71. The fourth-order valence-electron chi connectivity index (χ4n) is 3.61. The number of anilines is 1. The van der Waals surface area contributed by atoms with Gasteiger partial charge in [-0.2, -0.15) is 0 Å². The van der Waals surface area contributed by atoms with Crippen molar-refractivity contribution in [2.45, 2.75) is 31.8 Å². The van der Waals surface area contributed by atoms with Crippen LogP contribution < -0.4 is 4.90 Å². The first kappa shape index (κ1) is 14.7. The van der Waals surface area contributed by atoms with Crippen molar-refractivity contribution < 1.29 is 9.53 Å². The quantitative estimate of drug-likeness (QED) is 0.804. The largest absolute Gasteiger partial charge is 0.441 e. The van der Waals surface area contributed by atoms with Crippen LogP contribution in [-0.2, 0) is 4.74 Å². The zero-order valence-corrected chi connectivity index (χ0v) is 14.2. The highest BCUT2D eigenvalue weighted by Crippen LogP contribution is 2.36. The molecule has 23 heavy (non-hydrogen) atoms. The van der Waals surface area contributed by atoms with Crippen LogP contribution in [0.4, 0.5) is 10.6 Å². The Morgan fingerprint density at radius 2 is 2.17 bits per heavy atom. The van der Waals surface area contributed by atoms with Crippen LogP contribution in [-0.4, -0.2) is 53.2 Å². The molecule has 0 radical (unpaired) electrons. The maximum atomic E-state index is 11.8. The van der Waals surface area contributed by atoms with E-state index in [1.54, 1.807) is 22.6 Å². The average Bonchev–Trinajstić information content (AvgIpc) is 2.96. The van der Waals surface area contributed by atoms with E-state index in [1.165, 1.54) is 5.56 Å². The van der Waals surface area contributed by atoms with Crippen molar-refractivity contribution in [1.82, 2.24) is 14.9 Å². The van der Waals surface area contributed by atoms with E-state index in [4.69, 9.17) is 4.74 Å². The van der Waals surface area contributed by atoms with Gasteiger partial charge >= 0.3 is 6.09 Å². The summed E-state index contributed by atoms with van der Waals surface area (Å²) in [5.74, 6) is 1.02. The van der Waals surface area contributed by atoms with E-state index in [2.05, 4.69) is 27.2 Å². The average molecular weight is 332 g/mol. The summed E-state index contributed by atoms with van der Waals surface area (Å²) in [5.41, 5.74) is 1.93. The molecule has 1 spiro atoms. The number of aryl methyl sites for hydroxylation is 1. The maximum Gasteiger partial charge on any atom is 0.410 e. The molecule has 1 unspecified atom stereocenters. The topological polar surface area (TPSA) is 58.6 Å². The van der Waals surface area contributed by atoms with Gasteiger partial charge in [-0.05, 0) is 30.7 Å². The minimum atomic E-state index is -0.321. The SMILES string of the molecule is Cc1csc2c(N3CCCC4(CC3)CN(C)C(=O)O4)ncnc12. The third-order valence-corrected chi connectivity index (χ3v) is 5.93. The fourth-order valence-corrected chi connectivity index (χ4v) is 4.63. The van der Waals surface area contributed by atoms with Crippen molar-refractivity contribution in [3.05, 3.63) is 17.3 Å². The number of aromatic nitrogens is 2. The Morgan fingerprint density at radius 3 is 2.96 bits per heavy atom. The Balaban J connectivity index is 1.60. The van der Waals surface area contributed by atoms with E-state index in [0.717, 1.165) is 48.4 Å². The highest BCUT2D eigenvalue weighted by Gasteiger charge is 2.44. The van der Waals surface area contributed by atoms with Crippen LogP contribution in [0.5, 0.6) is 0 Å². The minimum Gasteiger partial charge on any atom is -0.441 e. The number of hydrogen-bond acceptors (Lipinski definition) is 6. The van der Waals surface area contributed by atoms with Crippen LogP contribution in [0.2, 0.25) is 0 Å². The number of carbonyl (C=O) groups is 1. The van der Waals surface area contributed by atoms with Gasteiger partial charge in [0, 0.05) is 26.6 Å². The second-order valence-electron chi connectivity index (χ2n) is 6.54. The fraction of sp³-hybridized carbons (Fsp3) is 0.562.